The Labute approximate surface area is 610 Å². The number of aromatic hydroxyl groups is 1. The van der Waals surface area contributed by atoms with Gasteiger partial charge in [0.15, 0.2) is 52.0 Å². The molecule has 0 unspecified atom stereocenters. The molecule has 0 aliphatic rings. The van der Waals surface area contributed by atoms with Gasteiger partial charge in [-0.1, -0.05) is 107 Å². The van der Waals surface area contributed by atoms with Gasteiger partial charge in [0.1, 0.15) is 30.7 Å². The average molecular weight is 1350 g/mol. The van der Waals surface area contributed by atoms with Crippen LogP contribution in [-0.4, -0.2) is 58.8 Å². The summed E-state index contributed by atoms with van der Waals surface area (Å²) in [6.45, 7) is 0.0190. The van der Waals surface area contributed by atoms with E-state index in [1.165, 1.54) is 97.3 Å². The fourth-order valence-corrected chi connectivity index (χ4v) is 8.61. The van der Waals surface area contributed by atoms with E-state index in [9.17, 15) is 45.8 Å². The number of ether oxygens (including phenoxy) is 2. The summed E-state index contributed by atoms with van der Waals surface area (Å²) in [5.41, 5.74) is 4.25. The van der Waals surface area contributed by atoms with Crippen molar-refractivity contribution in [1.82, 2.24) is 29.9 Å². The number of benzene rings is 9. The number of nitrogens with zero attached hydrogens (tertiary/aromatic N) is 6. The first-order valence-corrected chi connectivity index (χ1v) is 27.4. The van der Waals surface area contributed by atoms with E-state index in [1.54, 1.807) is 12.1 Å². The maximum atomic E-state index is 14.9. The Hall–Kier alpha value is -7.83. The monoisotopic (exact) mass is 1350 g/mol. The number of ketones is 3. The normalized spacial score (nSPS) is 10.2. The molecule has 0 aliphatic carbocycles. The number of hydrogen-bond acceptors (Lipinski definition) is 15. The Bertz CT molecular complexity index is 4290. The summed E-state index contributed by atoms with van der Waals surface area (Å²) in [4.78, 5) is 73.6. The van der Waals surface area contributed by atoms with Crippen LogP contribution in [0.1, 0.15) is 65.9 Å². The van der Waals surface area contributed by atoms with E-state index in [0.717, 1.165) is 40.7 Å². The van der Waals surface area contributed by atoms with Gasteiger partial charge in [-0.3, -0.25) is 49.1 Å². The number of alkyl halides is 1. The number of carbonyl (C=O) groups is 4. The molecule has 0 fully saturated rings. The Morgan fingerprint density at radius 2 is 0.725 bits per heavy atom. The van der Waals surface area contributed by atoms with Gasteiger partial charge in [0, 0.05) is 59.2 Å². The molecule has 3 aromatic heterocycles. The topological polar surface area (TPSA) is 217 Å². The summed E-state index contributed by atoms with van der Waals surface area (Å²) in [6, 6.07) is 48.1. The zero-order valence-electron chi connectivity index (χ0n) is 49.0. The van der Waals surface area contributed by atoms with E-state index < -0.39 is 74.7 Å². The Balaban J connectivity index is 0.000000228. The minimum absolute atomic E-state index is 0. The summed E-state index contributed by atoms with van der Waals surface area (Å²) in [7, 11) is 0. The van der Waals surface area contributed by atoms with Crippen LogP contribution in [0, 0.1) is 34.9 Å². The third-order valence-electron chi connectivity index (χ3n) is 12.6. The fourth-order valence-electron chi connectivity index (χ4n) is 8.24. The van der Waals surface area contributed by atoms with Crippen LogP contribution < -0.4 is 118 Å². The molecule has 91 heavy (non-hydrogen) atoms. The number of rotatable bonds is 14. The van der Waals surface area contributed by atoms with Crippen LogP contribution in [-0.2, 0) is 28.2 Å². The van der Waals surface area contributed by atoms with Crippen LogP contribution in [0.25, 0.3) is 33.1 Å². The van der Waals surface area contributed by atoms with Crippen molar-refractivity contribution in [3.8, 4) is 17.2 Å². The predicted molar refractivity (Wildman–Crippen MR) is 319 cm³/mol. The molecule has 0 aliphatic heterocycles. The number of hydrogen-bond donors (Lipinski definition) is 1. The molecule has 24 heteroatoms. The van der Waals surface area contributed by atoms with Crippen LogP contribution in [0.4, 0.5) is 26.3 Å². The quantitative estimate of drug-likeness (QED) is 0.0213. The number of fused-ring (bicyclic) bond motifs is 3. The molecule has 0 saturated heterocycles. The van der Waals surface area contributed by atoms with Crippen molar-refractivity contribution in [2.75, 3.05) is 0 Å². The zero-order chi connectivity index (χ0) is 63.2. The van der Waals surface area contributed by atoms with Crippen LogP contribution in [0.5, 0.6) is 17.2 Å². The third-order valence-corrected chi connectivity index (χ3v) is 13.2. The van der Waals surface area contributed by atoms with Gasteiger partial charge in [-0.15, -0.1) is 0 Å². The second-order valence-corrected chi connectivity index (χ2v) is 18.9. The van der Waals surface area contributed by atoms with Crippen molar-refractivity contribution < 1.29 is 174 Å². The number of halogens is 7. The first kappa shape index (κ1) is 72.2. The van der Waals surface area contributed by atoms with Gasteiger partial charge in [-0.2, -0.15) is 0 Å². The van der Waals surface area contributed by atoms with E-state index in [2.05, 4.69) is 62.9 Å². The summed E-state index contributed by atoms with van der Waals surface area (Å²) in [5.74, 6) is -9.85. The molecular formula is C67H45BrF6K2N6O9. The standard InChI is InChI=1S/2C22H14F2N2O2.C15H8F2N2O2.C7H7Br.CH2O3.2K.H/c2*23-16-7-9-19(28-13-14-4-2-1-3-5-14)21(24)20(16)22(27)15-6-8-17-18(12-15)26-11-10-25-17;16-9-2-4-12(20)14(17)13(9)15(21)8-1-3-10-11(7-8)19-6-5-18-10;8-6-7-4-2-1-3-5-7;2-1-4-3;;;/h2*1-12H,13H2;1-7,20H;1-5H,6H2;1,3H;;;/q;;;;;2*+1;-1/p-1. The Morgan fingerprint density at radius 1 is 0.429 bits per heavy atom. The molecule has 0 amide bonds. The molecule has 0 bridgehead atoms. The molecule has 0 saturated carbocycles. The van der Waals surface area contributed by atoms with Crippen LogP contribution in [0.15, 0.2) is 219 Å². The van der Waals surface area contributed by atoms with Gasteiger partial charge in [-0.05, 0) is 108 Å². The van der Waals surface area contributed by atoms with Crippen LogP contribution in [0.3, 0.4) is 0 Å². The SMILES string of the molecule is BrCc1ccccc1.O=C(c1ccc2nccnc2c1)c1c(F)ccc(O)c1F.O=C(c1ccc2nccnc2c1)c1c(F)ccc(OCc2ccccc2)c1F.O=C(c1ccc2nccnc2c1)c1c(F)ccc(OCc2ccccc2)c1F.O=CO[O-].[H-].[K+].[K+]. The molecule has 3 heterocycles. The Kier molecular flexibility index (Phi) is 28.8. The van der Waals surface area contributed by atoms with Gasteiger partial charge in [0.25, 0.3) is 6.47 Å². The van der Waals surface area contributed by atoms with Gasteiger partial charge in [0.05, 0.1) is 49.8 Å². The zero-order valence-corrected chi connectivity index (χ0v) is 55.9. The number of phenols is 1. The molecule has 12 aromatic rings. The molecule has 12 rings (SSSR count). The van der Waals surface area contributed by atoms with E-state index in [4.69, 9.17) is 19.5 Å². The molecule has 9 aromatic carbocycles. The van der Waals surface area contributed by atoms with E-state index in [0.29, 0.717) is 33.1 Å². The van der Waals surface area contributed by atoms with Crippen molar-refractivity contribution in [2.45, 2.75) is 18.5 Å². The molecule has 15 nitrogen and oxygen atoms in total. The van der Waals surface area contributed by atoms with Gasteiger partial charge >= 0.3 is 103 Å². The summed E-state index contributed by atoms with van der Waals surface area (Å²) in [5, 5.41) is 18.7. The second kappa shape index (κ2) is 36.3. The van der Waals surface area contributed by atoms with Crippen LogP contribution >= 0.6 is 15.9 Å². The predicted octanol–water partition coefficient (Wildman–Crippen LogP) is 7.42. The summed E-state index contributed by atoms with van der Waals surface area (Å²) < 4.78 is 96.7. The van der Waals surface area contributed by atoms with Gasteiger partial charge < -0.3 is 26.2 Å². The van der Waals surface area contributed by atoms with E-state index in [1.807, 2.05) is 78.9 Å². The Morgan fingerprint density at radius 3 is 1.03 bits per heavy atom. The molecule has 0 radical (unpaired) electrons. The van der Waals surface area contributed by atoms with Gasteiger partial charge in [-0.25, -0.2) is 26.3 Å². The molecule has 448 valence electrons. The maximum Gasteiger partial charge on any atom is 1.00 e. The summed E-state index contributed by atoms with van der Waals surface area (Å²) in [6.07, 6.45) is 8.96. The van der Waals surface area contributed by atoms with Crippen molar-refractivity contribution in [1.29, 1.82) is 0 Å². The van der Waals surface area contributed by atoms with E-state index >= 15 is 0 Å². The van der Waals surface area contributed by atoms with E-state index in [-0.39, 0.29) is 152 Å². The molecule has 1 N–H and O–H groups in total. The number of aromatic nitrogens is 6. The first-order valence-electron chi connectivity index (χ1n) is 26.2. The molecular weight excluding hydrogens is 1300 g/mol. The largest absolute Gasteiger partial charge is 1.00 e. The van der Waals surface area contributed by atoms with Crippen molar-refractivity contribution in [3.63, 3.8) is 0 Å². The second-order valence-electron chi connectivity index (χ2n) is 18.4. The average Bonchev–Trinajstić information content (AvgIpc) is 1.14. The van der Waals surface area contributed by atoms with Crippen LogP contribution in [0.2, 0.25) is 0 Å². The summed E-state index contributed by atoms with van der Waals surface area (Å²) >= 11 is 3.36. The molecule has 0 atom stereocenters. The molecule has 0 spiro atoms. The third kappa shape index (κ3) is 19.6. The number of carbonyl (C=O) groups excluding carboxylic acids is 4. The van der Waals surface area contributed by atoms with Gasteiger partial charge in [0.2, 0.25) is 0 Å². The van der Waals surface area contributed by atoms with Crippen molar-refractivity contribution in [3.05, 3.63) is 304 Å². The van der Waals surface area contributed by atoms with Crippen molar-refractivity contribution in [2.24, 2.45) is 0 Å². The number of phenolic OH excluding ortho intramolecular Hbond substituents is 1. The minimum Gasteiger partial charge on any atom is -1.00 e. The smallest absolute Gasteiger partial charge is 1.00 e. The fraction of sp³-hybridized carbons (Fsp3) is 0.0448. The maximum absolute atomic E-state index is 14.9. The first-order chi connectivity index (χ1) is 43.2. The van der Waals surface area contributed by atoms with Crippen molar-refractivity contribution >= 4 is 72.9 Å². The minimum atomic E-state index is -1.28.